The van der Waals surface area contributed by atoms with Gasteiger partial charge in [-0.1, -0.05) is 13.8 Å². The molecular weight excluding hydrogens is 386 g/mol. The highest BCUT2D eigenvalue weighted by Crippen LogP contribution is 2.44. The molecule has 0 bridgehead atoms. The zero-order chi connectivity index (χ0) is 22.1. The molecule has 1 aromatic heterocycles. The summed E-state index contributed by atoms with van der Waals surface area (Å²) < 4.78 is 17.8. The van der Waals surface area contributed by atoms with Crippen LogP contribution in [0.4, 0.5) is 0 Å². The van der Waals surface area contributed by atoms with E-state index < -0.39 is 11.4 Å². The summed E-state index contributed by atoms with van der Waals surface area (Å²) >= 11 is 0. The lowest BCUT2D eigenvalue weighted by atomic mass is 9.77. The lowest BCUT2D eigenvalue weighted by Crippen LogP contribution is -2.37. The Hall–Kier alpha value is -2.93. The van der Waals surface area contributed by atoms with Crippen molar-refractivity contribution in [2.45, 2.75) is 33.2 Å². The molecule has 7 heteroatoms. The molecular formula is C23H27NO6. The predicted octanol–water partition coefficient (Wildman–Crippen LogP) is 3.28. The zero-order valence-corrected chi connectivity index (χ0v) is 18.0. The Morgan fingerprint density at radius 1 is 1.27 bits per heavy atom. The lowest BCUT2D eigenvalue weighted by molar-refractivity contribution is 0.0516. The Bertz CT molecular complexity index is 1040. The van der Waals surface area contributed by atoms with Gasteiger partial charge >= 0.3 is 5.97 Å². The number of aromatic nitrogens is 1. The summed E-state index contributed by atoms with van der Waals surface area (Å²) in [6, 6.07) is 4.93. The molecule has 0 fully saturated rings. The topological polar surface area (TPSA) is 83.8 Å². The first-order valence-electron chi connectivity index (χ1n) is 9.86. The van der Waals surface area contributed by atoms with Crippen molar-refractivity contribution in [1.29, 1.82) is 0 Å². The second kappa shape index (κ2) is 8.44. The first-order chi connectivity index (χ1) is 14.3. The van der Waals surface area contributed by atoms with E-state index in [4.69, 9.17) is 14.2 Å². The molecule has 7 nitrogen and oxygen atoms in total. The highest BCUT2D eigenvalue weighted by atomic mass is 16.5. The number of rotatable bonds is 7. The normalized spacial score (nSPS) is 15.2. The van der Waals surface area contributed by atoms with E-state index in [1.165, 1.54) is 13.2 Å². The molecule has 160 valence electrons. The van der Waals surface area contributed by atoms with Gasteiger partial charge in [-0.3, -0.25) is 9.59 Å². The minimum absolute atomic E-state index is 0.00116. The summed E-state index contributed by atoms with van der Waals surface area (Å²) in [4.78, 5) is 36.6. The average molecular weight is 413 g/mol. The fourth-order valence-electron chi connectivity index (χ4n) is 4.13. The van der Waals surface area contributed by atoms with Crippen LogP contribution in [0.5, 0.6) is 5.75 Å². The zero-order valence-electron chi connectivity index (χ0n) is 18.0. The summed E-state index contributed by atoms with van der Waals surface area (Å²) in [7, 11) is 3.14. The van der Waals surface area contributed by atoms with Crippen molar-refractivity contribution in [3.8, 4) is 17.0 Å². The SMILES string of the molecule is CCOC(=O)c1cn2c(cc1=O)-c1cc(OC)c(C=O)cc1CC2C(C)(C)COC. The van der Waals surface area contributed by atoms with Crippen LogP contribution in [-0.2, 0) is 15.9 Å². The Morgan fingerprint density at radius 3 is 2.60 bits per heavy atom. The van der Waals surface area contributed by atoms with Gasteiger partial charge in [0.15, 0.2) is 11.7 Å². The van der Waals surface area contributed by atoms with Crippen LogP contribution in [-0.4, -0.2) is 44.3 Å². The maximum absolute atomic E-state index is 12.8. The summed E-state index contributed by atoms with van der Waals surface area (Å²) in [5, 5.41) is 0. The monoisotopic (exact) mass is 413 g/mol. The number of hydrogen-bond donors (Lipinski definition) is 0. The maximum atomic E-state index is 12.8. The largest absolute Gasteiger partial charge is 0.496 e. The Kier molecular flexibility index (Phi) is 6.12. The van der Waals surface area contributed by atoms with Crippen LogP contribution in [0.15, 0.2) is 29.2 Å². The van der Waals surface area contributed by atoms with Gasteiger partial charge in [0, 0.05) is 36.4 Å². The maximum Gasteiger partial charge on any atom is 0.343 e. The summed E-state index contributed by atoms with van der Waals surface area (Å²) in [5.41, 5.74) is 2.14. The fourth-order valence-corrected chi connectivity index (χ4v) is 4.13. The van der Waals surface area contributed by atoms with Gasteiger partial charge in [-0.15, -0.1) is 0 Å². The number of benzene rings is 1. The van der Waals surface area contributed by atoms with E-state index in [1.807, 2.05) is 10.6 Å². The van der Waals surface area contributed by atoms with Gasteiger partial charge in [0.2, 0.25) is 0 Å². The Labute approximate surface area is 175 Å². The first-order valence-corrected chi connectivity index (χ1v) is 9.86. The van der Waals surface area contributed by atoms with E-state index in [2.05, 4.69) is 13.8 Å². The number of ether oxygens (including phenoxy) is 3. The van der Waals surface area contributed by atoms with Crippen LogP contribution >= 0.6 is 0 Å². The van der Waals surface area contributed by atoms with Crippen LogP contribution in [0, 0.1) is 5.41 Å². The van der Waals surface area contributed by atoms with Crippen LogP contribution in [0.25, 0.3) is 11.3 Å². The third-order valence-electron chi connectivity index (χ3n) is 5.60. The molecule has 0 radical (unpaired) electrons. The number of carbonyl (C=O) groups excluding carboxylic acids is 2. The van der Waals surface area contributed by atoms with E-state index in [-0.39, 0.29) is 23.6 Å². The van der Waals surface area contributed by atoms with Gasteiger partial charge < -0.3 is 18.8 Å². The minimum atomic E-state index is -0.638. The van der Waals surface area contributed by atoms with Crippen LogP contribution in [0.3, 0.4) is 0 Å². The molecule has 1 atom stereocenters. The van der Waals surface area contributed by atoms with Crippen LogP contribution < -0.4 is 10.2 Å². The predicted molar refractivity (Wildman–Crippen MR) is 112 cm³/mol. The van der Waals surface area contributed by atoms with Crippen molar-refractivity contribution in [2.24, 2.45) is 5.41 Å². The average Bonchev–Trinajstić information content (AvgIpc) is 2.71. The molecule has 0 saturated carbocycles. The van der Waals surface area contributed by atoms with Crippen molar-refractivity contribution in [3.63, 3.8) is 0 Å². The third kappa shape index (κ3) is 3.77. The van der Waals surface area contributed by atoms with E-state index in [0.29, 0.717) is 30.0 Å². The standard InChI is InChI=1S/C23H27NO6/c1-6-30-22(27)17-11-24-18(10-19(17)26)16-9-20(29-5)15(12-25)7-14(16)8-21(24)23(2,3)13-28-4/h7,9-12,21H,6,8,13H2,1-5H3. The number of hydrogen-bond acceptors (Lipinski definition) is 6. The van der Waals surface area contributed by atoms with Crippen molar-refractivity contribution >= 4 is 12.3 Å². The van der Waals surface area contributed by atoms with Crippen LogP contribution in [0.1, 0.15) is 53.1 Å². The second-order valence-corrected chi connectivity index (χ2v) is 8.08. The molecule has 1 aliphatic heterocycles. The highest BCUT2D eigenvalue weighted by molar-refractivity contribution is 5.90. The summed E-state index contributed by atoms with van der Waals surface area (Å²) in [6.07, 6.45) is 2.95. The molecule has 2 heterocycles. The van der Waals surface area contributed by atoms with Gasteiger partial charge in [-0.2, -0.15) is 0 Å². The second-order valence-electron chi connectivity index (χ2n) is 8.08. The summed E-state index contributed by atoms with van der Waals surface area (Å²) in [5.74, 6) is -0.201. The molecule has 0 spiro atoms. The number of fused-ring (bicyclic) bond motifs is 3. The quantitative estimate of drug-likeness (QED) is 0.512. The molecule has 0 amide bonds. The smallest absolute Gasteiger partial charge is 0.343 e. The van der Waals surface area contributed by atoms with E-state index in [1.54, 1.807) is 26.3 Å². The van der Waals surface area contributed by atoms with Gasteiger partial charge in [-0.05, 0) is 31.0 Å². The summed E-state index contributed by atoms with van der Waals surface area (Å²) in [6.45, 7) is 6.51. The molecule has 2 aromatic rings. The van der Waals surface area contributed by atoms with Gasteiger partial charge in [0.25, 0.3) is 0 Å². The molecule has 1 aliphatic rings. The Morgan fingerprint density at radius 2 is 2.00 bits per heavy atom. The number of aldehydes is 1. The number of pyridine rings is 1. The lowest BCUT2D eigenvalue weighted by Gasteiger charge is -2.40. The van der Waals surface area contributed by atoms with Crippen molar-refractivity contribution in [1.82, 2.24) is 4.57 Å². The van der Waals surface area contributed by atoms with Gasteiger partial charge in [-0.25, -0.2) is 4.79 Å². The van der Waals surface area contributed by atoms with Crippen molar-refractivity contribution < 1.29 is 23.8 Å². The fraction of sp³-hybridized carbons (Fsp3) is 0.435. The molecule has 0 saturated heterocycles. The number of esters is 1. The number of methoxy groups -OCH3 is 2. The van der Waals surface area contributed by atoms with Gasteiger partial charge in [0.1, 0.15) is 11.3 Å². The number of carbonyl (C=O) groups is 2. The molecule has 1 aromatic carbocycles. The van der Waals surface area contributed by atoms with Crippen molar-refractivity contribution in [3.05, 3.63) is 51.3 Å². The van der Waals surface area contributed by atoms with E-state index in [9.17, 15) is 14.4 Å². The van der Waals surface area contributed by atoms with E-state index >= 15 is 0 Å². The highest BCUT2D eigenvalue weighted by Gasteiger charge is 2.37. The van der Waals surface area contributed by atoms with Crippen molar-refractivity contribution in [2.75, 3.05) is 27.4 Å². The Balaban J connectivity index is 2.29. The molecule has 1 unspecified atom stereocenters. The minimum Gasteiger partial charge on any atom is -0.496 e. The van der Waals surface area contributed by atoms with E-state index in [0.717, 1.165) is 17.4 Å². The molecule has 0 N–H and O–H groups in total. The van der Waals surface area contributed by atoms with Gasteiger partial charge in [0.05, 0.1) is 31.6 Å². The van der Waals surface area contributed by atoms with Crippen LogP contribution in [0.2, 0.25) is 0 Å². The molecule has 0 aliphatic carbocycles. The molecule has 30 heavy (non-hydrogen) atoms. The number of nitrogens with zero attached hydrogens (tertiary/aromatic N) is 1. The first kappa shape index (κ1) is 21.8. The third-order valence-corrected chi connectivity index (χ3v) is 5.60. The molecule has 3 rings (SSSR count).